The van der Waals surface area contributed by atoms with Gasteiger partial charge in [0.05, 0.1) is 5.41 Å². The van der Waals surface area contributed by atoms with Crippen LogP contribution in [0.15, 0.2) is 77.7 Å². The van der Waals surface area contributed by atoms with Gasteiger partial charge in [-0.05, 0) is 124 Å². The SMILES string of the molecule is CC(CNC(C)(C)CC1Cc2ccccc2C1)CN(C)Sc1cccc(-c2ccc(C(C)(C)C(=O)O)cc2)c1.CO. The van der Waals surface area contributed by atoms with Crippen molar-refractivity contribution in [2.24, 2.45) is 11.8 Å². The van der Waals surface area contributed by atoms with Crippen molar-refractivity contribution in [2.45, 2.75) is 69.7 Å². The summed E-state index contributed by atoms with van der Waals surface area (Å²) >= 11 is 1.77. The highest BCUT2D eigenvalue weighted by Gasteiger charge is 2.30. The van der Waals surface area contributed by atoms with Crippen molar-refractivity contribution in [1.29, 1.82) is 0 Å². The molecule has 0 spiro atoms. The highest BCUT2D eigenvalue weighted by atomic mass is 32.2. The first-order valence-corrected chi connectivity index (χ1v) is 15.3. The quantitative estimate of drug-likeness (QED) is 0.200. The second-order valence-electron chi connectivity index (χ2n) is 12.6. The van der Waals surface area contributed by atoms with Gasteiger partial charge in [-0.3, -0.25) is 4.79 Å². The molecule has 0 heterocycles. The fourth-order valence-electron chi connectivity index (χ4n) is 5.69. The number of nitrogens with one attached hydrogen (secondary N) is 1. The number of hydrogen-bond donors (Lipinski definition) is 3. The maximum atomic E-state index is 11.6. The molecule has 0 saturated heterocycles. The van der Waals surface area contributed by atoms with Gasteiger partial charge in [0, 0.05) is 24.1 Å². The van der Waals surface area contributed by atoms with E-state index in [4.69, 9.17) is 5.11 Å². The van der Waals surface area contributed by atoms with Gasteiger partial charge in [0.2, 0.25) is 0 Å². The fourth-order valence-corrected chi connectivity index (χ4v) is 6.70. The number of nitrogens with zero attached hydrogens (tertiary/aromatic N) is 1. The van der Waals surface area contributed by atoms with E-state index in [0.717, 1.165) is 42.8 Å². The lowest BCUT2D eigenvalue weighted by Crippen LogP contribution is -2.44. The van der Waals surface area contributed by atoms with Gasteiger partial charge >= 0.3 is 5.97 Å². The van der Waals surface area contributed by atoms with E-state index in [9.17, 15) is 9.90 Å². The van der Waals surface area contributed by atoms with Gasteiger partial charge in [-0.2, -0.15) is 0 Å². The Balaban J connectivity index is 0.00000226. The van der Waals surface area contributed by atoms with E-state index < -0.39 is 11.4 Å². The highest BCUT2D eigenvalue weighted by molar-refractivity contribution is 7.97. The largest absolute Gasteiger partial charge is 0.481 e. The average molecular weight is 577 g/mol. The molecule has 3 aromatic carbocycles. The zero-order chi connectivity index (χ0) is 30.2. The normalized spacial score (nSPS) is 14.4. The third-order valence-electron chi connectivity index (χ3n) is 8.00. The second kappa shape index (κ2) is 14.5. The Labute approximate surface area is 251 Å². The van der Waals surface area contributed by atoms with Crippen molar-refractivity contribution in [2.75, 3.05) is 27.2 Å². The predicted molar refractivity (Wildman–Crippen MR) is 172 cm³/mol. The molecule has 3 aromatic rings. The molecule has 1 aliphatic carbocycles. The third kappa shape index (κ3) is 9.17. The lowest BCUT2D eigenvalue weighted by atomic mass is 9.84. The van der Waals surface area contributed by atoms with E-state index in [0.29, 0.717) is 5.92 Å². The summed E-state index contributed by atoms with van der Waals surface area (Å²) in [5.74, 6) is 0.436. The number of aliphatic carboxylic acids is 1. The van der Waals surface area contributed by atoms with Crippen LogP contribution < -0.4 is 5.32 Å². The number of carbonyl (C=O) groups is 1. The molecular formula is C35H48N2O3S. The number of aliphatic hydroxyl groups excluding tert-OH is 1. The Morgan fingerprint density at radius 2 is 1.56 bits per heavy atom. The second-order valence-corrected chi connectivity index (χ2v) is 13.8. The van der Waals surface area contributed by atoms with Crippen LogP contribution in [0.4, 0.5) is 0 Å². The predicted octanol–water partition coefficient (Wildman–Crippen LogP) is 7.07. The number of carboxylic acids is 1. The summed E-state index contributed by atoms with van der Waals surface area (Å²) < 4.78 is 2.32. The van der Waals surface area contributed by atoms with Gasteiger partial charge in [-0.15, -0.1) is 0 Å². The maximum Gasteiger partial charge on any atom is 0.313 e. The summed E-state index contributed by atoms with van der Waals surface area (Å²) in [5.41, 5.74) is 5.33. The maximum absolute atomic E-state index is 11.6. The molecule has 1 unspecified atom stereocenters. The summed E-state index contributed by atoms with van der Waals surface area (Å²) in [4.78, 5) is 12.8. The van der Waals surface area contributed by atoms with Crippen LogP contribution in [0, 0.1) is 11.8 Å². The molecular weight excluding hydrogens is 528 g/mol. The molecule has 0 fully saturated rings. The number of benzene rings is 3. The van der Waals surface area contributed by atoms with Crippen LogP contribution in [-0.4, -0.2) is 53.3 Å². The lowest BCUT2D eigenvalue weighted by Gasteiger charge is -2.31. The number of hydrogen-bond acceptors (Lipinski definition) is 5. The summed E-state index contributed by atoms with van der Waals surface area (Å²) in [7, 11) is 3.16. The lowest BCUT2D eigenvalue weighted by molar-refractivity contribution is -0.142. The zero-order valence-electron chi connectivity index (χ0n) is 25.8. The van der Waals surface area contributed by atoms with Gasteiger partial charge in [-0.1, -0.05) is 67.6 Å². The van der Waals surface area contributed by atoms with Crippen molar-refractivity contribution in [1.82, 2.24) is 9.62 Å². The first-order valence-electron chi connectivity index (χ1n) is 14.5. The van der Waals surface area contributed by atoms with Crippen molar-refractivity contribution >= 4 is 17.9 Å². The monoisotopic (exact) mass is 576 g/mol. The molecule has 6 heteroatoms. The van der Waals surface area contributed by atoms with Crippen LogP contribution in [0.2, 0.25) is 0 Å². The minimum atomic E-state index is -0.901. The van der Waals surface area contributed by atoms with E-state index in [1.165, 1.54) is 35.3 Å². The molecule has 0 amide bonds. The topological polar surface area (TPSA) is 72.8 Å². The number of carboxylic acid groups (broad SMARTS) is 1. The Hall–Kier alpha value is -2.64. The van der Waals surface area contributed by atoms with Crippen LogP contribution in [-0.2, 0) is 23.1 Å². The number of aliphatic hydroxyl groups is 1. The summed E-state index contributed by atoms with van der Waals surface area (Å²) in [6.07, 6.45) is 3.61. The molecule has 5 nitrogen and oxygen atoms in total. The van der Waals surface area contributed by atoms with Crippen LogP contribution in [0.5, 0.6) is 0 Å². The zero-order valence-corrected chi connectivity index (χ0v) is 26.6. The molecule has 0 saturated carbocycles. The molecule has 1 aliphatic rings. The van der Waals surface area contributed by atoms with Crippen molar-refractivity contribution < 1.29 is 15.0 Å². The molecule has 0 aliphatic heterocycles. The minimum Gasteiger partial charge on any atom is -0.481 e. The smallest absolute Gasteiger partial charge is 0.313 e. The first-order chi connectivity index (χ1) is 19.4. The number of fused-ring (bicyclic) bond motifs is 1. The first kappa shape index (κ1) is 32.9. The Kier molecular flexibility index (Phi) is 11.6. The molecule has 0 bridgehead atoms. The molecule has 3 N–H and O–H groups in total. The van der Waals surface area contributed by atoms with Crippen LogP contribution >= 0.6 is 11.9 Å². The van der Waals surface area contributed by atoms with E-state index in [1.54, 1.807) is 25.8 Å². The summed E-state index contributed by atoms with van der Waals surface area (Å²) in [5, 5.41) is 20.4. The van der Waals surface area contributed by atoms with Gasteiger partial charge in [0.15, 0.2) is 0 Å². The number of rotatable bonds is 12. The fraction of sp³-hybridized carbons (Fsp3) is 0.457. The Bertz CT molecular complexity index is 1250. The van der Waals surface area contributed by atoms with Crippen molar-refractivity contribution in [3.63, 3.8) is 0 Å². The highest BCUT2D eigenvalue weighted by Crippen LogP contribution is 2.33. The molecule has 4 rings (SSSR count). The summed E-state index contributed by atoms with van der Waals surface area (Å²) in [6.45, 7) is 12.5. The van der Waals surface area contributed by atoms with Gasteiger partial charge in [0.25, 0.3) is 0 Å². The van der Waals surface area contributed by atoms with E-state index >= 15 is 0 Å². The average Bonchev–Trinajstić information content (AvgIpc) is 3.35. The molecule has 0 aromatic heterocycles. The standard InChI is InChI=1S/C34H44N2O2S.CH4O/c1-24(22-35-33(2,3)21-25-18-27-10-7-8-11-28(27)19-25)23-36(6)39-31-13-9-12-29(20-31)26-14-16-30(17-15-26)34(4,5)32(37)38;1-2/h7-17,20,24-25,35H,18-19,21-23H2,1-6H3,(H,37,38);2H,1H3. The van der Waals surface area contributed by atoms with Gasteiger partial charge < -0.3 is 15.5 Å². The third-order valence-corrected chi connectivity index (χ3v) is 8.93. The van der Waals surface area contributed by atoms with Crippen LogP contribution in [0.3, 0.4) is 0 Å². The van der Waals surface area contributed by atoms with E-state index in [2.05, 4.69) is 86.0 Å². The molecule has 41 heavy (non-hydrogen) atoms. The van der Waals surface area contributed by atoms with Gasteiger partial charge in [-0.25, -0.2) is 4.31 Å². The van der Waals surface area contributed by atoms with Crippen molar-refractivity contribution in [3.05, 3.63) is 89.5 Å². The van der Waals surface area contributed by atoms with Crippen LogP contribution in [0.1, 0.15) is 57.7 Å². The van der Waals surface area contributed by atoms with Crippen LogP contribution in [0.25, 0.3) is 11.1 Å². The Morgan fingerprint density at radius 1 is 0.951 bits per heavy atom. The molecule has 222 valence electrons. The summed E-state index contributed by atoms with van der Waals surface area (Å²) in [6, 6.07) is 25.4. The molecule has 0 radical (unpaired) electrons. The minimum absolute atomic E-state index is 0.121. The van der Waals surface area contributed by atoms with Crippen molar-refractivity contribution in [3.8, 4) is 11.1 Å². The molecule has 1 atom stereocenters. The van der Waals surface area contributed by atoms with Gasteiger partial charge in [0.1, 0.15) is 0 Å². The van der Waals surface area contributed by atoms with E-state index in [1.807, 2.05) is 24.3 Å². The Morgan fingerprint density at radius 3 is 2.15 bits per heavy atom. The van der Waals surface area contributed by atoms with E-state index in [-0.39, 0.29) is 5.54 Å².